The van der Waals surface area contributed by atoms with Crippen LogP contribution in [-0.4, -0.2) is 38.2 Å². The maximum atomic E-state index is 13.4. The number of esters is 1. The predicted molar refractivity (Wildman–Crippen MR) is 91.8 cm³/mol. The highest BCUT2D eigenvalue weighted by molar-refractivity contribution is 5.98. The van der Waals surface area contributed by atoms with Crippen LogP contribution in [0.25, 0.3) is 0 Å². The normalized spacial score (nSPS) is 13.0. The molecule has 1 heterocycles. The van der Waals surface area contributed by atoms with Crippen LogP contribution in [0.4, 0.5) is 10.1 Å². The van der Waals surface area contributed by atoms with Gasteiger partial charge in [-0.05, 0) is 24.3 Å². The molecule has 0 N–H and O–H groups in total. The number of carbonyl (C=O) groups is 2. The van der Waals surface area contributed by atoms with Gasteiger partial charge in [0.25, 0.3) is 5.91 Å². The largest absolute Gasteiger partial charge is 0.487 e. The molecule has 0 fully saturated rings. The van der Waals surface area contributed by atoms with Crippen LogP contribution in [0, 0.1) is 5.82 Å². The first-order valence-electron chi connectivity index (χ1n) is 8.20. The molecule has 0 aromatic heterocycles. The molecule has 2 aromatic carbocycles. The van der Waals surface area contributed by atoms with E-state index in [0.717, 1.165) is 0 Å². The molecule has 0 saturated heterocycles. The molecule has 0 unspecified atom stereocenters. The lowest BCUT2D eigenvalue weighted by molar-refractivity contribution is -0.144. The number of ether oxygens (including phenoxy) is 3. The number of halogens is 1. The van der Waals surface area contributed by atoms with Crippen molar-refractivity contribution < 1.29 is 28.2 Å². The van der Waals surface area contributed by atoms with Gasteiger partial charge in [0.05, 0.1) is 12.1 Å². The van der Waals surface area contributed by atoms with E-state index in [0.29, 0.717) is 11.4 Å². The fourth-order valence-corrected chi connectivity index (χ4v) is 2.54. The Bertz CT molecular complexity index is 795. The van der Waals surface area contributed by atoms with Gasteiger partial charge in [-0.3, -0.25) is 9.59 Å². The number of nitrogens with zero attached hydrogens (tertiary/aromatic N) is 1. The van der Waals surface area contributed by atoms with E-state index in [1.54, 1.807) is 30.3 Å². The molecule has 1 amide bonds. The summed E-state index contributed by atoms with van der Waals surface area (Å²) in [5, 5.41) is 0. The first kappa shape index (κ1) is 17.7. The molecule has 0 atom stereocenters. The summed E-state index contributed by atoms with van der Waals surface area (Å²) in [6.45, 7) is 0.196. The molecule has 1 aliphatic rings. The lowest BCUT2D eigenvalue weighted by Gasteiger charge is -2.28. The molecule has 2 aromatic rings. The van der Waals surface area contributed by atoms with Gasteiger partial charge in [0.1, 0.15) is 19.0 Å². The van der Waals surface area contributed by atoms with E-state index in [-0.39, 0.29) is 44.4 Å². The summed E-state index contributed by atoms with van der Waals surface area (Å²) in [5.74, 6) is -0.417. The van der Waals surface area contributed by atoms with Crippen LogP contribution < -0.4 is 14.4 Å². The Morgan fingerprint density at radius 3 is 2.73 bits per heavy atom. The van der Waals surface area contributed by atoms with Crippen LogP contribution in [0.2, 0.25) is 0 Å². The van der Waals surface area contributed by atoms with Crippen molar-refractivity contribution >= 4 is 17.6 Å². The predicted octanol–water partition coefficient (Wildman–Crippen LogP) is 2.56. The molecule has 6 nitrogen and oxygen atoms in total. The Labute approximate surface area is 150 Å². The van der Waals surface area contributed by atoms with Gasteiger partial charge < -0.3 is 19.1 Å². The van der Waals surface area contributed by atoms with Crippen molar-refractivity contribution in [2.45, 2.75) is 6.42 Å². The third-order valence-electron chi connectivity index (χ3n) is 3.79. The van der Waals surface area contributed by atoms with Gasteiger partial charge in [0, 0.05) is 6.54 Å². The highest BCUT2D eigenvalue weighted by atomic mass is 19.1. The summed E-state index contributed by atoms with van der Waals surface area (Å²) in [4.78, 5) is 25.4. The molecule has 26 heavy (non-hydrogen) atoms. The molecule has 7 heteroatoms. The summed E-state index contributed by atoms with van der Waals surface area (Å²) < 4.78 is 29.0. The fourth-order valence-electron chi connectivity index (χ4n) is 2.54. The van der Waals surface area contributed by atoms with E-state index in [1.165, 1.54) is 17.0 Å². The Hall–Kier alpha value is -3.09. The van der Waals surface area contributed by atoms with E-state index in [4.69, 9.17) is 14.2 Å². The second kappa shape index (κ2) is 8.33. The lowest BCUT2D eigenvalue weighted by atomic mass is 10.2. The van der Waals surface area contributed by atoms with Crippen LogP contribution >= 0.6 is 0 Å². The third-order valence-corrected chi connectivity index (χ3v) is 3.79. The Morgan fingerprint density at radius 2 is 1.88 bits per heavy atom. The number of hydrogen-bond acceptors (Lipinski definition) is 5. The summed E-state index contributed by atoms with van der Waals surface area (Å²) in [5.41, 5.74) is 0.638. The average Bonchev–Trinajstić information content (AvgIpc) is 2.65. The fraction of sp³-hybridized carbons (Fsp3) is 0.263. The number of hydrogen-bond donors (Lipinski definition) is 0. The SMILES string of the molecule is O=C(CCN1C(=O)COc2ccccc21)OCCOc1ccccc1F. The van der Waals surface area contributed by atoms with Crippen molar-refractivity contribution in [1.82, 2.24) is 0 Å². The van der Waals surface area contributed by atoms with Crippen molar-refractivity contribution in [3.05, 3.63) is 54.3 Å². The zero-order valence-corrected chi connectivity index (χ0v) is 14.0. The summed E-state index contributed by atoms with van der Waals surface area (Å²) in [6.07, 6.45) is 0.0414. The maximum Gasteiger partial charge on any atom is 0.307 e. The van der Waals surface area contributed by atoms with Crippen molar-refractivity contribution in [2.24, 2.45) is 0 Å². The van der Waals surface area contributed by atoms with E-state index in [2.05, 4.69) is 0 Å². The minimum atomic E-state index is -0.469. The highest BCUT2D eigenvalue weighted by Crippen LogP contribution is 2.31. The van der Waals surface area contributed by atoms with E-state index in [1.807, 2.05) is 6.07 Å². The maximum absolute atomic E-state index is 13.4. The zero-order chi connectivity index (χ0) is 18.4. The van der Waals surface area contributed by atoms with Crippen molar-refractivity contribution in [1.29, 1.82) is 0 Å². The molecule has 0 aliphatic carbocycles. The molecule has 0 spiro atoms. The Balaban J connectivity index is 1.43. The number of carbonyl (C=O) groups excluding carboxylic acids is 2. The van der Waals surface area contributed by atoms with Crippen LogP contribution in [0.5, 0.6) is 11.5 Å². The number of anilines is 1. The molecule has 0 saturated carbocycles. The van der Waals surface area contributed by atoms with Gasteiger partial charge in [-0.2, -0.15) is 0 Å². The van der Waals surface area contributed by atoms with Crippen LogP contribution in [0.1, 0.15) is 6.42 Å². The smallest absolute Gasteiger partial charge is 0.307 e. The monoisotopic (exact) mass is 359 g/mol. The van der Waals surface area contributed by atoms with Crippen molar-refractivity contribution in [3.63, 3.8) is 0 Å². The Kier molecular flexibility index (Phi) is 5.68. The number of benzene rings is 2. The highest BCUT2D eigenvalue weighted by Gasteiger charge is 2.25. The zero-order valence-electron chi connectivity index (χ0n) is 14.0. The second-order valence-electron chi connectivity index (χ2n) is 5.55. The Morgan fingerprint density at radius 1 is 1.12 bits per heavy atom. The minimum Gasteiger partial charge on any atom is -0.487 e. The first-order chi connectivity index (χ1) is 12.6. The number of amides is 1. The van der Waals surface area contributed by atoms with Crippen LogP contribution in [0.15, 0.2) is 48.5 Å². The number of rotatable bonds is 7. The van der Waals surface area contributed by atoms with E-state index >= 15 is 0 Å². The van der Waals surface area contributed by atoms with E-state index < -0.39 is 11.8 Å². The molecule has 136 valence electrons. The van der Waals surface area contributed by atoms with Crippen molar-refractivity contribution in [3.8, 4) is 11.5 Å². The van der Waals surface area contributed by atoms with Crippen molar-refractivity contribution in [2.75, 3.05) is 31.3 Å². The third kappa shape index (κ3) is 4.30. The average molecular weight is 359 g/mol. The summed E-state index contributed by atoms with van der Waals surface area (Å²) >= 11 is 0. The van der Waals surface area contributed by atoms with Gasteiger partial charge in [0.2, 0.25) is 0 Å². The minimum absolute atomic E-state index is 0.000806. The second-order valence-corrected chi connectivity index (χ2v) is 5.55. The van der Waals surface area contributed by atoms with Gasteiger partial charge >= 0.3 is 5.97 Å². The summed E-state index contributed by atoms with van der Waals surface area (Å²) in [6, 6.07) is 13.2. The topological polar surface area (TPSA) is 65.1 Å². The number of para-hydroxylation sites is 3. The standard InChI is InChI=1S/C19H18FNO5/c20-14-5-1-3-7-16(14)24-11-12-25-19(23)9-10-21-15-6-2-4-8-17(15)26-13-18(21)22/h1-8H,9-13H2. The number of fused-ring (bicyclic) bond motifs is 1. The van der Waals surface area contributed by atoms with Gasteiger partial charge in [0.15, 0.2) is 18.2 Å². The molecule has 0 bridgehead atoms. The van der Waals surface area contributed by atoms with Crippen LogP contribution in [0.3, 0.4) is 0 Å². The van der Waals surface area contributed by atoms with Gasteiger partial charge in [-0.15, -0.1) is 0 Å². The lowest BCUT2D eigenvalue weighted by Crippen LogP contribution is -2.40. The molecular weight excluding hydrogens is 341 g/mol. The van der Waals surface area contributed by atoms with Gasteiger partial charge in [-0.25, -0.2) is 4.39 Å². The molecule has 1 aliphatic heterocycles. The van der Waals surface area contributed by atoms with Crippen LogP contribution in [-0.2, 0) is 14.3 Å². The first-order valence-corrected chi connectivity index (χ1v) is 8.20. The summed E-state index contributed by atoms with van der Waals surface area (Å²) in [7, 11) is 0. The molecule has 3 rings (SSSR count). The quantitative estimate of drug-likeness (QED) is 0.562. The van der Waals surface area contributed by atoms with Gasteiger partial charge in [-0.1, -0.05) is 24.3 Å². The molecular formula is C19H18FNO5. The molecule has 0 radical (unpaired) electrons. The van der Waals surface area contributed by atoms with E-state index in [9.17, 15) is 14.0 Å².